The molecule has 0 N–H and O–H groups in total. The number of fused-ring (bicyclic) bond motifs is 2. The minimum atomic E-state index is 0.930. The van der Waals surface area contributed by atoms with Crippen LogP contribution in [0.25, 0.3) is 0 Å². The van der Waals surface area contributed by atoms with E-state index in [-0.39, 0.29) is 0 Å². The summed E-state index contributed by atoms with van der Waals surface area (Å²) in [6.07, 6.45) is 5.82. The Kier molecular flexibility index (Phi) is 1.66. The van der Waals surface area contributed by atoms with E-state index in [1.54, 1.807) is 0 Å². The summed E-state index contributed by atoms with van der Waals surface area (Å²) in [6.45, 7) is 5.53. The lowest BCUT2D eigenvalue weighted by Gasteiger charge is -2.40. The highest BCUT2D eigenvalue weighted by molar-refractivity contribution is 4.94. The Bertz CT molecular complexity index is 145. The van der Waals surface area contributed by atoms with Gasteiger partial charge in [-0.3, -0.25) is 9.80 Å². The van der Waals surface area contributed by atoms with Crippen LogP contribution in [-0.4, -0.2) is 48.1 Å². The van der Waals surface area contributed by atoms with Crippen molar-refractivity contribution in [1.29, 1.82) is 0 Å². The van der Waals surface area contributed by atoms with Crippen LogP contribution in [0.5, 0.6) is 0 Å². The van der Waals surface area contributed by atoms with Crippen molar-refractivity contribution in [2.24, 2.45) is 0 Å². The van der Waals surface area contributed by atoms with E-state index in [9.17, 15) is 0 Å². The van der Waals surface area contributed by atoms with Gasteiger partial charge in [0.2, 0.25) is 0 Å². The van der Waals surface area contributed by atoms with Crippen molar-refractivity contribution in [2.45, 2.75) is 37.8 Å². The van der Waals surface area contributed by atoms with Crippen LogP contribution < -0.4 is 0 Å². The van der Waals surface area contributed by atoms with E-state index in [4.69, 9.17) is 0 Å². The second kappa shape index (κ2) is 2.71. The van der Waals surface area contributed by atoms with E-state index in [0.717, 1.165) is 12.1 Å². The quantitative estimate of drug-likeness (QED) is 0.528. The molecule has 0 aliphatic carbocycles. The fourth-order valence-corrected chi connectivity index (χ4v) is 3.23. The summed E-state index contributed by atoms with van der Waals surface area (Å²) in [7, 11) is 0. The molecule has 0 aromatic rings. The normalized spacial score (nSPS) is 43.0. The molecule has 3 aliphatic rings. The highest BCUT2D eigenvalue weighted by Gasteiger charge is 2.37. The second-order valence-electron chi connectivity index (χ2n) is 4.58. The third-order valence-corrected chi connectivity index (χ3v) is 3.89. The van der Waals surface area contributed by atoms with E-state index in [0.29, 0.717) is 0 Å². The average Bonchev–Trinajstić information content (AvgIpc) is 2.64. The predicted octanol–water partition coefficient (Wildman–Crippen LogP) is 0.929. The molecule has 3 rings (SSSR count). The number of hydrogen-bond acceptors (Lipinski definition) is 2. The Balaban J connectivity index is 1.75. The molecule has 0 aromatic carbocycles. The molecular weight excluding hydrogens is 148 g/mol. The van der Waals surface area contributed by atoms with Crippen LogP contribution in [0, 0.1) is 0 Å². The van der Waals surface area contributed by atoms with Gasteiger partial charge in [-0.1, -0.05) is 0 Å². The SMILES string of the molecule is C1C[C@@H]2CN3CCC[C@@H]3CN2C1. The van der Waals surface area contributed by atoms with Crippen molar-refractivity contribution in [3.05, 3.63) is 0 Å². The van der Waals surface area contributed by atoms with Gasteiger partial charge >= 0.3 is 0 Å². The van der Waals surface area contributed by atoms with Crippen molar-refractivity contribution in [1.82, 2.24) is 9.80 Å². The fraction of sp³-hybridized carbons (Fsp3) is 1.00. The Hall–Kier alpha value is -0.0800. The van der Waals surface area contributed by atoms with Crippen molar-refractivity contribution in [3.63, 3.8) is 0 Å². The standard InChI is InChI=1S/C10H18N2/c1-3-9-7-12-6-2-4-10(12)8-11(9)5-1/h9-10H,1-8H2/t9-,10-/m1/s1. The monoisotopic (exact) mass is 166 g/mol. The highest BCUT2D eigenvalue weighted by atomic mass is 15.3. The van der Waals surface area contributed by atoms with Crippen molar-refractivity contribution >= 4 is 0 Å². The van der Waals surface area contributed by atoms with Crippen LogP contribution in [0.2, 0.25) is 0 Å². The summed E-state index contributed by atoms with van der Waals surface area (Å²) in [6, 6.07) is 1.86. The zero-order valence-corrected chi connectivity index (χ0v) is 7.71. The average molecular weight is 166 g/mol. The number of hydrogen-bond donors (Lipinski definition) is 0. The zero-order chi connectivity index (χ0) is 7.97. The molecule has 3 fully saturated rings. The topological polar surface area (TPSA) is 6.48 Å². The van der Waals surface area contributed by atoms with E-state index in [1.165, 1.54) is 51.9 Å². The second-order valence-corrected chi connectivity index (χ2v) is 4.58. The molecule has 2 nitrogen and oxygen atoms in total. The van der Waals surface area contributed by atoms with Crippen LogP contribution >= 0.6 is 0 Å². The maximum atomic E-state index is 2.73. The van der Waals surface area contributed by atoms with Crippen LogP contribution in [0.1, 0.15) is 25.7 Å². The molecule has 0 amide bonds. The highest BCUT2D eigenvalue weighted by Crippen LogP contribution is 2.29. The molecule has 0 bridgehead atoms. The van der Waals surface area contributed by atoms with Crippen molar-refractivity contribution in [3.8, 4) is 0 Å². The molecule has 0 saturated carbocycles. The van der Waals surface area contributed by atoms with Gasteiger partial charge < -0.3 is 0 Å². The maximum absolute atomic E-state index is 2.73. The molecule has 0 radical (unpaired) electrons. The largest absolute Gasteiger partial charge is 0.298 e. The van der Waals surface area contributed by atoms with E-state index in [1.807, 2.05) is 0 Å². The number of nitrogens with zero attached hydrogens (tertiary/aromatic N) is 2. The molecule has 2 heteroatoms. The van der Waals surface area contributed by atoms with Crippen molar-refractivity contribution < 1.29 is 0 Å². The summed E-state index contributed by atoms with van der Waals surface area (Å²) < 4.78 is 0. The van der Waals surface area contributed by atoms with E-state index in [2.05, 4.69) is 9.80 Å². The third-order valence-electron chi connectivity index (χ3n) is 3.89. The van der Waals surface area contributed by atoms with Gasteiger partial charge in [-0.2, -0.15) is 0 Å². The summed E-state index contributed by atoms with van der Waals surface area (Å²) in [4.78, 5) is 5.46. The summed E-state index contributed by atoms with van der Waals surface area (Å²) in [5.41, 5.74) is 0. The molecular formula is C10H18N2. The molecule has 3 heterocycles. The first-order valence-corrected chi connectivity index (χ1v) is 5.41. The van der Waals surface area contributed by atoms with Gasteiger partial charge in [0.1, 0.15) is 0 Å². The smallest absolute Gasteiger partial charge is 0.0224 e. The molecule has 3 saturated heterocycles. The molecule has 0 unspecified atom stereocenters. The molecule has 0 aromatic heterocycles. The Morgan fingerprint density at radius 1 is 0.750 bits per heavy atom. The van der Waals surface area contributed by atoms with Gasteiger partial charge in [-0.05, 0) is 38.8 Å². The predicted molar refractivity (Wildman–Crippen MR) is 49.2 cm³/mol. The zero-order valence-electron chi connectivity index (χ0n) is 7.71. The van der Waals surface area contributed by atoms with E-state index >= 15 is 0 Å². The van der Waals surface area contributed by atoms with Crippen LogP contribution in [0.3, 0.4) is 0 Å². The van der Waals surface area contributed by atoms with Crippen molar-refractivity contribution in [2.75, 3.05) is 26.2 Å². The lowest BCUT2D eigenvalue weighted by Crippen LogP contribution is -2.53. The summed E-state index contributed by atoms with van der Waals surface area (Å²) in [5.74, 6) is 0. The Morgan fingerprint density at radius 2 is 1.25 bits per heavy atom. The van der Waals surface area contributed by atoms with Gasteiger partial charge in [-0.15, -0.1) is 0 Å². The summed E-state index contributed by atoms with van der Waals surface area (Å²) in [5, 5.41) is 0. The lowest BCUT2D eigenvalue weighted by atomic mass is 10.1. The Morgan fingerprint density at radius 3 is 1.75 bits per heavy atom. The molecule has 2 atom stereocenters. The van der Waals surface area contributed by atoms with Crippen LogP contribution in [0.15, 0.2) is 0 Å². The first-order valence-electron chi connectivity index (χ1n) is 5.41. The van der Waals surface area contributed by atoms with Gasteiger partial charge in [0.05, 0.1) is 0 Å². The summed E-state index contributed by atoms with van der Waals surface area (Å²) >= 11 is 0. The fourth-order valence-electron chi connectivity index (χ4n) is 3.23. The number of rotatable bonds is 0. The first kappa shape index (κ1) is 7.34. The van der Waals surface area contributed by atoms with Gasteiger partial charge in [0.25, 0.3) is 0 Å². The third kappa shape index (κ3) is 1.01. The van der Waals surface area contributed by atoms with Gasteiger partial charge in [0.15, 0.2) is 0 Å². The van der Waals surface area contributed by atoms with Crippen LogP contribution in [-0.2, 0) is 0 Å². The molecule has 0 spiro atoms. The Labute approximate surface area is 74.5 Å². The van der Waals surface area contributed by atoms with Gasteiger partial charge in [-0.25, -0.2) is 0 Å². The first-order chi connectivity index (χ1) is 5.93. The maximum Gasteiger partial charge on any atom is 0.0224 e. The van der Waals surface area contributed by atoms with Crippen LogP contribution in [0.4, 0.5) is 0 Å². The van der Waals surface area contributed by atoms with Gasteiger partial charge in [0, 0.05) is 25.2 Å². The molecule has 3 aliphatic heterocycles. The number of piperazine rings is 1. The van der Waals surface area contributed by atoms with E-state index < -0.39 is 0 Å². The molecule has 12 heavy (non-hydrogen) atoms. The lowest BCUT2D eigenvalue weighted by molar-refractivity contribution is 0.0788. The minimum absolute atomic E-state index is 0.930. The minimum Gasteiger partial charge on any atom is -0.298 e. The molecule has 68 valence electrons.